The minimum Gasteiger partial charge on any atom is -0.492 e. The van der Waals surface area contributed by atoms with E-state index in [1.165, 1.54) is 17.0 Å². The summed E-state index contributed by atoms with van der Waals surface area (Å²) in [7, 11) is -4.19. The summed E-state index contributed by atoms with van der Waals surface area (Å²) in [6.45, 7) is 7.34. The summed E-state index contributed by atoms with van der Waals surface area (Å²) in [5, 5.41) is 3.51. The molecule has 0 fully saturated rings. The van der Waals surface area contributed by atoms with Crippen molar-refractivity contribution in [3.8, 4) is 5.75 Å². The molecule has 3 aromatic rings. The van der Waals surface area contributed by atoms with E-state index in [1.807, 2.05) is 20.8 Å². The largest absolute Gasteiger partial charge is 0.492 e. The molecule has 0 spiro atoms. The molecule has 3 aromatic carbocycles. The predicted octanol–water partition coefficient (Wildman–Crippen LogP) is 5.66. The third-order valence-electron chi connectivity index (χ3n) is 6.70. The molecule has 0 aromatic heterocycles. The van der Waals surface area contributed by atoms with Gasteiger partial charge in [0, 0.05) is 17.6 Å². The van der Waals surface area contributed by atoms with Crippen LogP contribution < -0.4 is 14.4 Å². The fraction of sp³-hybridized carbons (Fsp3) is 0.355. The van der Waals surface area contributed by atoms with Gasteiger partial charge in [-0.25, -0.2) is 8.42 Å². The Balaban J connectivity index is 2.09. The Kier molecular flexibility index (Phi) is 11.6. The molecule has 10 heteroatoms. The third-order valence-corrected chi connectivity index (χ3v) is 8.72. The van der Waals surface area contributed by atoms with Crippen LogP contribution in [-0.4, -0.2) is 50.4 Å². The van der Waals surface area contributed by atoms with Crippen LogP contribution >= 0.6 is 11.6 Å². The first-order chi connectivity index (χ1) is 19.6. The van der Waals surface area contributed by atoms with Crippen molar-refractivity contribution in [2.45, 2.75) is 64.1 Å². The number of carbonyl (C=O) groups excluding carboxylic acids is 2. The van der Waals surface area contributed by atoms with Gasteiger partial charge in [0.15, 0.2) is 0 Å². The highest BCUT2D eigenvalue weighted by Gasteiger charge is 2.35. The number of nitrogens with one attached hydrogen (secondary N) is 1. The Morgan fingerprint density at radius 3 is 2.15 bits per heavy atom. The van der Waals surface area contributed by atoms with Crippen LogP contribution in [-0.2, 0) is 26.2 Å². The predicted molar refractivity (Wildman–Crippen MR) is 163 cm³/mol. The number of carbonyl (C=O) groups is 2. The molecule has 0 radical (unpaired) electrons. The summed E-state index contributed by atoms with van der Waals surface area (Å²) >= 11 is 6.08. The van der Waals surface area contributed by atoms with Gasteiger partial charge in [-0.05, 0) is 68.7 Å². The van der Waals surface area contributed by atoms with Crippen molar-refractivity contribution >= 4 is 39.1 Å². The zero-order chi connectivity index (χ0) is 30.0. The van der Waals surface area contributed by atoms with Crippen molar-refractivity contribution in [3.63, 3.8) is 0 Å². The number of anilines is 1. The molecule has 0 bridgehead atoms. The second-order valence-electron chi connectivity index (χ2n) is 9.62. The van der Waals surface area contributed by atoms with Gasteiger partial charge in [-0.15, -0.1) is 0 Å². The first kappa shape index (κ1) is 32.0. The van der Waals surface area contributed by atoms with Gasteiger partial charge in [0.2, 0.25) is 11.8 Å². The van der Waals surface area contributed by atoms with Gasteiger partial charge in [-0.2, -0.15) is 0 Å². The van der Waals surface area contributed by atoms with Crippen LogP contribution in [0.4, 0.5) is 5.69 Å². The average Bonchev–Trinajstić information content (AvgIpc) is 2.97. The molecule has 0 unspecified atom stereocenters. The van der Waals surface area contributed by atoms with Crippen LogP contribution in [0, 0.1) is 0 Å². The molecule has 0 saturated heterocycles. The molecule has 2 atom stereocenters. The number of halogens is 1. The van der Waals surface area contributed by atoms with Crippen LogP contribution in [0.15, 0.2) is 83.8 Å². The van der Waals surface area contributed by atoms with Crippen LogP contribution in [0.5, 0.6) is 5.75 Å². The van der Waals surface area contributed by atoms with E-state index in [-0.39, 0.29) is 29.1 Å². The lowest BCUT2D eigenvalue weighted by Crippen LogP contribution is -2.53. The summed E-state index contributed by atoms with van der Waals surface area (Å²) in [4.78, 5) is 29.0. The standard InChI is InChI=1S/C31H38ClN3O5S/c1-5-23(4)33-31(37)27(6-2)34(21-24-17-19-25(32)20-18-24)30(36)22-35(28-15-11-12-16-29(28)40-7-3)41(38,39)26-13-9-8-10-14-26/h8-20,23,27H,5-7,21-22H2,1-4H3,(H,33,37)/t23-,27-/m1/s1. The normalized spacial score (nSPS) is 12.7. The molecule has 1 N–H and O–H groups in total. The highest BCUT2D eigenvalue weighted by Crippen LogP contribution is 2.33. The van der Waals surface area contributed by atoms with E-state index < -0.39 is 28.5 Å². The molecule has 0 heterocycles. The summed E-state index contributed by atoms with van der Waals surface area (Å²) in [6.07, 6.45) is 1.06. The Morgan fingerprint density at radius 1 is 0.902 bits per heavy atom. The molecule has 2 amide bonds. The van der Waals surface area contributed by atoms with Crippen LogP contribution in [0.1, 0.15) is 46.1 Å². The SMILES string of the molecule is CCOc1ccccc1N(CC(=O)N(Cc1ccc(Cl)cc1)[C@H](CC)C(=O)N[C@H](C)CC)S(=O)(=O)c1ccccc1. The lowest BCUT2D eigenvalue weighted by molar-refractivity contribution is -0.140. The van der Waals surface area contributed by atoms with Crippen molar-refractivity contribution in [2.24, 2.45) is 0 Å². The molecule has 220 valence electrons. The number of ether oxygens (including phenoxy) is 1. The van der Waals surface area contributed by atoms with E-state index in [4.69, 9.17) is 16.3 Å². The minimum atomic E-state index is -4.19. The number of sulfonamides is 1. The Morgan fingerprint density at radius 2 is 1.54 bits per heavy atom. The first-order valence-corrected chi connectivity index (χ1v) is 15.6. The van der Waals surface area contributed by atoms with E-state index in [0.29, 0.717) is 23.8 Å². The van der Waals surface area contributed by atoms with E-state index in [0.717, 1.165) is 16.3 Å². The fourth-order valence-corrected chi connectivity index (χ4v) is 5.89. The summed E-state index contributed by atoms with van der Waals surface area (Å²) in [5.41, 5.74) is 0.986. The summed E-state index contributed by atoms with van der Waals surface area (Å²) in [6, 6.07) is 20.7. The zero-order valence-electron chi connectivity index (χ0n) is 23.9. The Bertz CT molecular complexity index is 1400. The Labute approximate surface area is 248 Å². The Hall–Kier alpha value is -3.56. The maximum absolute atomic E-state index is 14.2. The first-order valence-electron chi connectivity index (χ1n) is 13.8. The average molecular weight is 600 g/mol. The second kappa shape index (κ2) is 14.9. The molecule has 0 saturated carbocycles. The van der Waals surface area contributed by atoms with Gasteiger partial charge in [-0.1, -0.05) is 67.9 Å². The van der Waals surface area contributed by atoms with E-state index in [9.17, 15) is 18.0 Å². The number of benzene rings is 3. The van der Waals surface area contributed by atoms with Crippen molar-refractivity contribution < 1.29 is 22.7 Å². The summed E-state index contributed by atoms with van der Waals surface area (Å²) in [5.74, 6) is -0.499. The molecular formula is C31H38ClN3O5S. The minimum absolute atomic E-state index is 0.0323. The molecular weight excluding hydrogens is 562 g/mol. The quantitative estimate of drug-likeness (QED) is 0.258. The number of hydrogen-bond acceptors (Lipinski definition) is 5. The van der Waals surface area contributed by atoms with Crippen molar-refractivity contribution in [2.75, 3.05) is 17.5 Å². The maximum Gasteiger partial charge on any atom is 0.264 e. The maximum atomic E-state index is 14.2. The number of amides is 2. The van der Waals surface area contributed by atoms with Gasteiger partial charge < -0.3 is 15.0 Å². The molecule has 0 aliphatic heterocycles. The van der Waals surface area contributed by atoms with E-state index >= 15 is 0 Å². The van der Waals surface area contributed by atoms with Gasteiger partial charge in [-0.3, -0.25) is 13.9 Å². The van der Waals surface area contributed by atoms with Crippen LogP contribution in [0.3, 0.4) is 0 Å². The van der Waals surface area contributed by atoms with E-state index in [2.05, 4.69) is 5.32 Å². The lowest BCUT2D eigenvalue weighted by atomic mass is 10.1. The smallest absolute Gasteiger partial charge is 0.264 e. The van der Waals surface area contributed by atoms with Gasteiger partial charge in [0.25, 0.3) is 10.0 Å². The van der Waals surface area contributed by atoms with Crippen LogP contribution in [0.2, 0.25) is 5.02 Å². The van der Waals surface area contributed by atoms with Crippen molar-refractivity contribution in [1.82, 2.24) is 10.2 Å². The van der Waals surface area contributed by atoms with E-state index in [1.54, 1.807) is 73.7 Å². The highest BCUT2D eigenvalue weighted by molar-refractivity contribution is 7.92. The molecule has 3 rings (SSSR count). The number of nitrogens with zero attached hydrogens (tertiary/aromatic N) is 2. The van der Waals surface area contributed by atoms with Crippen LogP contribution in [0.25, 0.3) is 0 Å². The molecule has 41 heavy (non-hydrogen) atoms. The molecule has 0 aliphatic rings. The van der Waals surface area contributed by atoms with Gasteiger partial charge >= 0.3 is 0 Å². The van der Waals surface area contributed by atoms with Gasteiger partial charge in [0.1, 0.15) is 18.3 Å². The van der Waals surface area contributed by atoms with Gasteiger partial charge in [0.05, 0.1) is 17.2 Å². The monoisotopic (exact) mass is 599 g/mol. The third kappa shape index (κ3) is 8.24. The molecule has 0 aliphatic carbocycles. The topological polar surface area (TPSA) is 96.0 Å². The fourth-order valence-electron chi connectivity index (χ4n) is 4.32. The summed E-state index contributed by atoms with van der Waals surface area (Å²) < 4.78 is 34.8. The number of rotatable bonds is 14. The number of hydrogen-bond donors (Lipinski definition) is 1. The lowest BCUT2D eigenvalue weighted by Gasteiger charge is -2.34. The zero-order valence-corrected chi connectivity index (χ0v) is 25.5. The number of para-hydroxylation sites is 2. The second-order valence-corrected chi connectivity index (χ2v) is 11.9. The molecule has 8 nitrogen and oxygen atoms in total. The highest BCUT2D eigenvalue weighted by atomic mass is 35.5. The van der Waals surface area contributed by atoms with Crippen molar-refractivity contribution in [1.29, 1.82) is 0 Å². The van der Waals surface area contributed by atoms with Crippen molar-refractivity contribution in [3.05, 3.63) is 89.4 Å².